The van der Waals surface area contributed by atoms with Crippen LogP contribution in [-0.2, 0) is 0 Å². The summed E-state index contributed by atoms with van der Waals surface area (Å²) in [5.41, 5.74) is 1.22. The Morgan fingerprint density at radius 3 is 2.31 bits per heavy atom. The third-order valence-corrected chi connectivity index (χ3v) is 4.40. The first kappa shape index (κ1) is 20.1. The van der Waals surface area contributed by atoms with Gasteiger partial charge < -0.3 is 15.0 Å². The topological polar surface area (TPSA) is 71.5 Å². The lowest BCUT2D eigenvalue weighted by molar-refractivity contribution is 0.0772. The first-order chi connectivity index (χ1) is 14.1. The summed E-state index contributed by atoms with van der Waals surface area (Å²) in [7, 11) is 0. The first-order valence-electron chi connectivity index (χ1n) is 9.50. The molecule has 6 heteroatoms. The van der Waals surface area contributed by atoms with Gasteiger partial charge in [0.25, 0.3) is 11.8 Å². The summed E-state index contributed by atoms with van der Waals surface area (Å²) in [5, 5.41) is 2.84. The van der Waals surface area contributed by atoms with Crippen LogP contribution in [0.5, 0.6) is 11.5 Å². The average molecular weight is 389 g/mol. The second-order valence-electron chi connectivity index (χ2n) is 6.31. The Hall–Kier alpha value is -3.67. The highest BCUT2D eigenvalue weighted by Crippen LogP contribution is 2.29. The molecule has 6 nitrogen and oxygen atoms in total. The van der Waals surface area contributed by atoms with Gasteiger partial charge >= 0.3 is 0 Å². The van der Waals surface area contributed by atoms with Crippen molar-refractivity contribution < 1.29 is 14.3 Å². The second-order valence-corrected chi connectivity index (χ2v) is 6.31. The molecule has 0 saturated carbocycles. The zero-order valence-electron chi connectivity index (χ0n) is 16.5. The molecule has 0 aliphatic rings. The standard InChI is InChI=1S/C23H23N3O3/c1-3-26(4-2)23(28)18-14-17(15-24-16-18)22(27)25-20-12-8-9-13-21(20)29-19-10-6-5-7-11-19/h5-16H,3-4H2,1-2H3,(H,25,27). The van der Waals surface area contributed by atoms with Crippen LogP contribution in [0, 0.1) is 0 Å². The van der Waals surface area contributed by atoms with Crippen molar-refractivity contribution in [3.8, 4) is 11.5 Å². The van der Waals surface area contributed by atoms with Gasteiger partial charge in [0.2, 0.25) is 0 Å². The van der Waals surface area contributed by atoms with E-state index >= 15 is 0 Å². The van der Waals surface area contributed by atoms with E-state index in [1.807, 2.05) is 56.3 Å². The van der Waals surface area contributed by atoms with Gasteiger partial charge in [-0.2, -0.15) is 0 Å². The van der Waals surface area contributed by atoms with Gasteiger partial charge in [-0.05, 0) is 44.2 Å². The van der Waals surface area contributed by atoms with E-state index in [1.54, 1.807) is 23.1 Å². The Morgan fingerprint density at radius 1 is 0.931 bits per heavy atom. The minimum absolute atomic E-state index is 0.148. The molecule has 0 saturated heterocycles. The molecule has 1 heterocycles. The number of carbonyl (C=O) groups excluding carboxylic acids is 2. The largest absolute Gasteiger partial charge is 0.455 e. The van der Waals surface area contributed by atoms with Crippen LogP contribution >= 0.6 is 0 Å². The summed E-state index contributed by atoms with van der Waals surface area (Å²) in [6.45, 7) is 5.01. The van der Waals surface area contributed by atoms with E-state index in [9.17, 15) is 9.59 Å². The molecule has 0 aliphatic carbocycles. The number of anilines is 1. The lowest BCUT2D eigenvalue weighted by Gasteiger charge is -2.18. The number of carbonyl (C=O) groups is 2. The highest BCUT2D eigenvalue weighted by molar-refractivity contribution is 6.06. The number of amides is 2. The van der Waals surface area contributed by atoms with Crippen molar-refractivity contribution >= 4 is 17.5 Å². The summed E-state index contributed by atoms with van der Waals surface area (Å²) >= 11 is 0. The van der Waals surface area contributed by atoms with Crippen molar-refractivity contribution in [2.45, 2.75) is 13.8 Å². The van der Waals surface area contributed by atoms with E-state index in [4.69, 9.17) is 4.74 Å². The minimum Gasteiger partial charge on any atom is -0.455 e. The summed E-state index contributed by atoms with van der Waals surface area (Å²) in [6.07, 6.45) is 2.92. The number of rotatable bonds is 7. The van der Waals surface area contributed by atoms with E-state index < -0.39 is 0 Å². The molecule has 0 fully saturated rings. The van der Waals surface area contributed by atoms with Gasteiger partial charge in [-0.25, -0.2) is 0 Å². The molecule has 0 atom stereocenters. The van der Waals surface area contributed by atoms with Crippen molar-refractivity contribution in [3.63, 3.8) is 0 Å². The average Bonchev–Trinajstić information content (AvgIpc) is 2.76. The quantitative estimate of drug-likeness (QED) is 0.641. The van der Waals surface area contributed by atoms with Crippen LogP contribution < -0.4 is 10.1 Å². The molecule has 0 spiro atoms. The maximum Gasteiger partial charge on any atom is 0.257 e. The van der Waals surface area contributed by atoms with Gasteiger partial charge in [-0.1, -0.05) is 30.3 Å². The van der Waals surface area contributed by atoms with Gasteiger partial charge in [-0.3, -0.25) is 14.6 Å². The van der Waals surface area contributed by atoms with Gasteiger partial charge in [0, 0.05) is 25.5 Å². The number of ether oxygens (including phenoxy) is 1. The van der Waals surface area contributed by atoms with Crippen LogP contribution in [0.3, 0.4) is 0 Å². The second kappa shape index (κ2) is 9.50. The fraction of sp³-hybridized carbons (Fsp3) is 0.174. The number of aromatic nitrogens is 1. The lowest BCUT2D eigenvalue weighted by Crippen LogP contribution is -2.30. The van der Waals surface area contributed by atoms with Crippen LogP contribution in [0.1, 0.15) is 34.6 Å². The third kappa shape index (κ3) is 4.99. The Labute approximate surface area is 170 Å². The van der Waals surface area contributed by atoms with Gasteiger partial charge in [0.1, 0.15) is 5.75 Å². The smallest absolute Gasteiger partial charge is 0.257 e. The van der Waals surface area contributed by atoms with Crippen LogP contribution in [0.25, 0.3) is 0 Å². The predicted molar refractivity (Wildman–Crippen MR) is 112 cm³/mol. The highest BCUT2D eigenvalue weighted by atomic mass is 16.5. The maximum atomic E-state index is 12.8. The SMILES string of the molecule is CCN(CC)C(=O)c1cncc(C(=O)Nc2ccccc2Oc2ccccc2)c1. The van der Waals surface area contributed by atoms with Crippen molar-refractivity contribution in [1.82, 2.24) is 9.88 Å². The van der Waals surface area contributed by atoms with E-state index in [-0.39, 0.29) is 11.8 Å². The number of nitrogens with one attached hydrogen (secondary N) is 1. The van der Waals surface area contributed by atoms with Crippen molar-refractivity contribution in [2.75, 3.05) is 18.4 Å². The van der Waals surface area contributed by atoms with Crippen molar-refractivity contribution in [2.24, 2.45) is 0 Å². The molecule has 0 aliphatic heterocycles. The summed E-state index contributed by atoms with van der Waals surface area (Å²) < 4.78 is 5.88. The van der Waals surface area contributed by atoms with Gasteiger partial charge in [0.15, 0.2) is 5.75 Å². The monoisotopic (exact) mass is 389 g/mol. The normalized spacial score (nSPS) is 10.3. The highest BCUT2D eigenvalue weighted by Gasteiger charge is 2.16. The number of nitrogens with zero attached hydrogens (tertiary/aromatic N) is 2. The van der Waals surface area contributed by atoms with E-state index in [0.29, 0.717) is 41.4 Å². The van der Waals surface area contributed by atoms with E-state index in [0.717, 1.165) is 0 Å². The van der Waals surface area contributed by atoms with Gasteiger partial charge in [0.05, 0.1) is 16.8 Å². The fourth-order valence-corrected chi connectivity index (χ4v) is 2.84. The Morgan fingerprint density at radius 2 is 1.59 bits per heavy atom. The molecular weight excluding hydrogens is 366 g/mol. The molecular formula is C23H23N3O3. The lowest BCUT2D eigenvalue weighted by atomic mass is 10.1. The third-order valence-electron chi connectivity index (χ3n) is 4.40. The molecule has 2 amide bonds. The molecule has 3 rings (SSSR count). The molecule has 148 valence electrons. The van der Waals surface area contributed by atoms with Crippen LogP contribution in [-0.4, -0.2) is 34.8 Å². The summed E-state index contributed by atoms with van der Waals surface area (Å²) in [4.78, 5) is 31.1. The summed E-state index contributed by atoms with van der Waals surface area (Å²) in [6, 6.07) is 18.1. The minimum atomic E-state index is -0.365. The van der Waals surface area contributed by atoms with Crippen LogP contribution in [0.2, 0.25) is 0 Å². The Kier molecular flexibility index (Phi) is 6.58. The number of hydrogen-bond donors (Lipinski definition) is 1. The zero-order chi connectivity index (χ0) is 20.6. The molecule has 0 unspecified atom stereocenters. The predicted octanol–water partition coefficient (Wildman–Crippen LogP) is 4.61. The van der Waals surface area contributed by atoms with Crippen LogP contribution in [0.15, 0.2) is 73.1 Å². The Bertz CT molecular complexity index is 985. The maximum absolute atomic E-state index is 12.8. The molecule has 0 radical (unpaired) electrons. The molecule has 29 heavy (non-hydrogen) atoms. The molecule has 1 N–H and O–H groups in total. The number of benzene rings is 2. The van der Waals surface area contributed by atoms with Crippen molar-refractivity contribution in [3.05, 3.63) is 84.2 Å². The van der Waals surface area contributed by atoms with Gasteiger partial charge in [-0.15, -0.1) is 0 Å². The number of para-hydroxylation sites is 3. The van der Waals surface area contributed by atoms with E-state index in [1.165, 1.54) is 12.4 Å². The molecule has 0 bridgehead atoms. The first-order valence-corrected chi connectivity index (χ1v) is 9.50. The number of pyridine rings is 1. The number of hydrogen-bond acceptors (Lipinski definition) is 4. The fourth-order valence-electron chi connectivity index (χ4n) is 2.84. The molecule has 3 aromatic rings. The Balaban J connectivity index is 1.79. The van der Waals surface area contributed by atoms with Crippen molar-refractivity contribution in [1.29, 1.82) is 0 Å². The summed E-state index contributed by atoms with van der Waals surface area (Å²) in [5.74, 6) is 0.679. The molecule has 2 aromatic carbocycles. The van der Waals surface area contributed by atoms with Crippen LogP contribution in [0.4, 0.5) is 5.69 Å². The van der Waals surface area contributed by atoms with E-state index in [2.05, 4.69) is 10.3 Å². The zero-order valence-corrected chi connectivity index (χ0v) is 16.5. The molecule has 1 aromatic heterocycles.